The highest BCUT2D eigenvalue weighted by Crippen LogP contribution is 2.45. The van der Waals surface area contributed by atoms with Crippen LogP contribution in [0.5, 0.6) is 0 Å². The van der Waals surface area contributed by atoms with Crippen molar-refractivity contribution in [1.82, 2.24) is 0 Å². The molecule has 0 fully saturated rings. The van der Waals surface area contributed by atoms with Crippen LogP contribution in [0, 0.1) is 0 Å². The van der Waals surface area contributed by atoms with Gasteiger partial charge in [-0.2, -0.15) is 0 Å². The van der Waals surface area contributed by atoms with Crippen LogP contribution in [-0.2, 0) is 55.8 Å². The smallest absolute Gasteiger partial charge is 0.463 e. The number of rotatable bonds is 65. The van der Waals surface area contributed by atoms with E-state index in [0.29, 0.717) is 19.3 Å². The number of phosphoric ester groups is 2. The molecule has 0 radical (unpaired) electrons. The second kappa shape index (κ2) is 67.4. The molecular formula is C75H124O16P2. The molecule has 0 bridgehead atoms. The summed E-state index contributed by atoms with van der Waals surface area (Å²) >= 11 is 0. The number of aliphatic hydroxyl groups excluding tert-OH is 2. The summed E-state index contributed by atoms with van der Waals surface area (Å²) in [5.74, 6) is -1.65. The number of hydrogen-bond acceptors (Lipinski definition) is 14. The van der Waals surface area contributed by atoms with Crippen LogP contribution in [-0.4, -0.2) is 95.9 Å². The molecule has 4 N–H and O–H groups in total. The summed E-state index contributed by atoms with van der Waals surface area (Å²) < 4.78 is 60.9. The van der Waals surface area contributed by atoms with Crippen molar-refractivity contribution in [2.24, 2.45) is 0 Å². The number of phosphoric acid groups is 2. The van der Waals surface area contributed by atoms with Gasteiger partial charge in [0.05, 0.1) is 26.4 Å². The Bertz CT molecular complexity index is 2280. The Kier molecular flexibility index (Phi) is 64.1. The van der Waals surface area contributed by atoms with Crippen LogP contribution in [0.3, 0.4) is 0 Å². The lowest BCUT2D eigenvalue weighted by molar-refractivity contribution is -0.161. The first-order valence-electron chi connectivity index (χ1n) is 35.1. The molecule has 0 aliphatic heterocycles. The van der Waals surface area contributed by atoms with Crippen molar-refractivity contribution in [1.29, 1.82) is 0 Å². The summed E-state index contributed by atoms with van der Waals surface area (Å²) in [6.07, 6.45) is 80.4. The molecule has 0 aliphatic carbocycles. The fourth-order valence-corrected chi connectivity index (χ4v) is 10.3. The van der Waals surface area contributed by atoms with E-state index in [-0.39, 0.29) is 19.3 Å². The maximum absolute atomic E-state index is 12.9. The van der Waals surface area contributed by atoms with Crippen LogP contribution < -0.4 is 0 Å². The number of ether oxygens (including phenoxy) is 3. The Hall–Kier alpha value is -4.57. The predicted octanol–water partition coefficient (Wildman–Crippen LogP) is 19.8. The molecule has 0 saturated carbocycles. The van der Waals surface area contributed by atoms with Gasteiger partial charge in [0.15, 0.2) is 6.10 Å². The van der Waals surface area contributed by atoms with E-state index in [1.54, 1.807) is 0 Å². The van der Waals surface area contributed by atoms with Crippen LogP contribution in [0.1, 0.15) is 252 Å². The van der Waals surface area contributed by atoms with Gasteiger partial charge in [-0.15, -0.1) is 0 Å². The molecule has 0 aliphatic rings. The minimum Gasteiger partial charge on any atom is -0.463 e. The predicted molar refractivity (Wildman–Crippen MR) is 380 cm³/mol. The van der Waals surface area contributed by atoms with Gasteiger partial charge in [0.2, 0.25) is 0 Å². The number of allylic oxidation sites excluding steroid dienone is 24. The third-order valence-corrected chi connectivity index (χ3v) is 15.9. The van der Waals surface area contributed by atoms with Crippen LogP contribution in [0.4, 0.5) is 0 Å². The van der Waals surface area contributed by atoms with E-state index in [4.69, 9.17) is 32.3 Å². The number of unbranched alkanes of at least 4 members (excludes halogenated alkanes) is 18. The molecule has 0 rings (SSSR count). The van der Waals surface area contributed by atoms with E-state index in [2.05, 4.69) is 167 Å². The molecule has 0 amide bonds. The third-order valence-electron chi connectivity index (χ3n) is 14.0. The van der Waals surface area contributed by atoms with Gasteiger partial charge < -0.3 is 34.2 Å². The molecule has 5 unspecified atom stereocenters. The fraction of sp³-hybridized carbons (Fsp3) is 0.640. The first-order valence-corrected chi connectivity index (χ1v) is 38.1. The van der Waals surface area contributed by atoms with Crippen LogP contribution in [0.2, 0.25) is 0 Å². The zero-order valence-electron chi connectivity index (χ0n) is 57.4. The summed E-state index contributed by atoms with van der Waals surface area (Å²) in [7, 11) is -9.81. The monoisotopic (exact) mass is 1340 g/mol. The molecule has 18 heteroatoms. The lowest BCUT2D eigenvalue weighted by Gasteiger charge is -2.21. The summed E-state index contributed by atoms with van der Waals surface area (Å²) in [6.45, 7) is 2.32. The van der Waals surface area contributed by atoms with Gasteiger partial charge in [-0.3, -0.25) is 32.5 Å². The molecular weight excluding hydrogens is 1220 g/mol. The van der Waals surface area contributed by atoms with Crippen molar-refractivity contribution in [3.8, 4) is 0 Å². The second-order valence-electron chi connectivity index (χ2n) is 22.9. The van der Waals surface area contributed by atoms with E-state index in [9.17, 15) is 43.5 Å². The number of carbonyl (C=O) groups excluding carboxylic acids is 3. The van der Waals surface area contributed by atoms with Crippen molar-refractivity contribution in [2.45, 2.75) is 270 Å². The molecule has 5 atom stereocenters. The molecule has 93 heavy (non-hydrogen) atoms. The van der Waals surface area contributed by atoms with Crippen molar-refractivity contribution >= 4 is 33.6 Å². The summed E-state index contributed by atoms with van der Waals surface area (Å²) in [5.41, 5.74) is 0. The zero-order valence-corrected chi connectivity index (χ0v) is 59.2. The van der Waals surface area contributed by atoms with Gasteiger partial charge >= 0.3 is 33.6 Å². The number of aliphatic hydroxyl groups is 2. The Labute approximate surface area is 562 Å². The van der Waals surface area contributed by atoms with Gasteiger partial charge in [-0.25, -0.2) is 9.13 Å². The minimum atomic E-state index is -4.94. The average molecular weight is 1340 g/mol. The summed E-state index contributed by atoms with van der Waals surface area (Å²) in [5, 5.41) is 20.6. The molecule has 530 valence electrons. The first kappa shape index (κ1) is 88.4. The first-order chi connectivity index (χ1) is 45.2. The van der Waals surface area contributed by atoms with E-state index in [1.165, 1.54) is 25.7 Å². The summed E-state index contributed by atoms with van der Waals surface area (Å²) in [6, 6.07) is 0. The maximum atomic E-state index is 12.9. The largest absolute Gasteiger partial charge is 0.472 e. The van der Waals surface area contributed by atoms with Crippen molar-refractivity contribution in [3.05, 3.63) is 146 Å². The number of hydrogen-bond donors (Lipinski definition) is 4. The minimum absolute atomic E-state index is 0.0719. The van der Waals surface area contributed by atoms with E-state index in [0.717, 1.165) is 167 Å². The molecule has 0 aromatic carbocycles. The Balaban J connectivity index is 4.69. The standard InChI is InChI=1S/C75H124O16P2/c1-4-7-10-13-16-19-22-25-28-30-32-33-34-35-37-39-41-43-46-49-52-55-58-61-73(78)85-64-70(76)65-87-92(81,82)88-66-71(77)67-89-93(83,84)90-69-72(91-75(80)63-60-57-54-51-48-45-40-27-24-21-18-15-12-9-6-3)68-86-74(79)62-59-56-53-50-47-44-42-38-36-31-29-26-23-20-17-14-11-8-5-2/h8-9,11-12,16-21,25-29,32-33,35-38,40,44,47,70-72,76-77H,4-7,10,13-15,22-24,30-31,34,39,41-43,45-46,48-69H2,1-3H3,(H,81,82)(H,83,84)/b11-8-,12-9-,19-16-,20-17-,21-18-,28-25-,29-26-,33-32-,37-35-,38-36-,40-27-,47-44-. The zero-order chi connectivity index (χ0) is 68.1. The Morgan fingerprint density at radius 3 is 0.914 bits per heavy atom. The lowest BCUT2D eigenvalue weighted by atomic mass is 10.1. The topological polar surface area (TPSA) is 231 Å². The van der Waals surface area contributed by atoms with Crippen LogP contribution in [0.15, 0.2) is 146 Å². The van der Waals surface area contributed by atoms with Gasteiger partial charge in [0.25, 0.3) is 0 Å². The highest BCUT2D eigenvalue weighted by atomic mass is 31.2. The van der Waals surface area contributed by atoms with Crippen LogP contribution in [0.25, 0.3) is 0 Å². The van der Waals surface area contributed by atoms with Crippen molar-refractivity contribution in [3.63, 3.8) is 0 Å². The second-order valence-corrected chi connectivity index (χ2v) is 25.8. The molecule has 0 aromatic heterocycles. The van der Waals surface area contributed by atoms with Gasteiger partial charge in [-0.1, -0.05) is 237 Å². The van der Waals surface area contributed by atoms with Crippen molar-refractivity contribution in [2.75, 3.05) is 39.6 Å². The normalized spacial score (nSPS) is 15.0. The Morgan fingerprint density at radius 2 is 0.570 bits per heavy atom. The molecule has 0 heterocycles. The average Bonchev–Trinajstić information content (AvgIpc) is 3.19. The van der Waals surface area contributed by atoms with E-state index >= 15 is 0 Å². The lowest BCUT2D eigenvalue weighted by Crippen LogP contribution is -2.30. The van der Waals surface area contributed by atoms with E-state index in [1.807, 2.05) is 0 Å². The quantitative estimate of drug-likeness (QED) is 0.0146. The highest BCUT2D eigenvalue weighted by molar-refractivity contribution is 7.47. The molecule has 0 spiro atoms. The Morgan fingerprint density at radius 1 is 0.312 bits per heavy atom. The molecule has 0 saturated heterocycles. The van der Waals surface area contributed by atoms with Crippen LogP contribution >= 0.6 is 15.6 Å². The number of esters is 3. The van der Waals surface area contributed by atoms with Crippen molar-refractivity contribution < 1.29 is 75.8 Å². The number of carbonyl (C=O) groups is 3. The SMILES string of the molecule is CC/C=C\C/C=C\C/C=C\C/C=C\C/C=C\CCCCCC(=O)OCC(COP(=O)(O)OCC(O)COP(=O)(O)OCC(O)COC(=O)CCCCCCCCC/C=C\C/C=C\C/C=C\C/C=C\CCCCC)OC(=O)CCCCCCC/C=C\C/C=C\C/C=C\CC. The van der Waals surface area contributed by atoms with E-state index < -0.39 is 91.5 Å². The molecule has 16 nitrogen and oxygen atoms in total. The third kappa shape index (κ3) is 68.6. The highest BCUT2D eigenvalue weighted by Gasteiger charge is 2.29. The molecule has 0 aromatic rings. The van der Waals surface area contributed by atoms with Gasteiger partial charge in [0.1, 0.15) is 25.4 Å². The van der Waals surface area contributed by atoms with Gasteiger partial charge in [0, 0.05) is 19.3 Å². The summed E-state index contributed by atoms with van der Waals surface area (Å²) in [4.78, 5) is 58.4. The fourth-order valence-electron chi connectivity index (χ4n) is 8.71. The van der Waals surface area contributed by atoms with Gasteiger partial charge in [-0.05, 0) is 141 Å². The maximum Gasteiger partial charge on any atom is 0.472 e.